The normalized spacial score (nSPS) is 23.4. The summed E-state index contributed by atoms with van der Waals surface area (Å²) in [6.07, 6.45) is 7.07. The zero-order chi connectivity index (χ0) is 12.5. The Morgan fingerprint density at radius 2 is 1.94 bits per heavy atom. The molecule has 0 aliphatic heterocycles. The fourth-order valence-electron chi connectivity index (χ4n) is 3.38. The molecule has 3 rings (SSSR count). The molecule has 18 heavy (non-hydrogen) atoms. The van der Waals surface area contributed by atoms with E-state index in [9.17, 15) is 0 Å². The molecule has 0 amide bonds. The van der Waals surface area contributed by atoms with Crippen LogP contribution in [0.3, 0.4) is 0 Å². The summed E-state index contributed by atoms with van der Waals surface area (Å²) in [5.74, 6) is 2.57. The molecule has 0 bridgehead atoms. The molecule has 1 nitrogen and oxygen atoms in total. The maximum Gasteiger partial charge on any atom is 0.0346 e. The molecule has 1 N–H and O–H groups in total. The first-order valence-corrected chi connectivity index (χ1v) is 7.56. The smallest absolute Gasteiger partial charge is 0.0346 e. The van der Waals surface area contributed by atoms with Crippen LogP contribution in [0.4, 0.5) is 0 Å². The number of hydrogen-bond acceptors (Lipinski definition) is 1. The SMILES string of the molecule is CNC(c1cccc(C2CCC2)c1)C(C)C1CC1. The quantitative estimate of drug-likeness (QED) is 0.814. The highest BCUT2D eigenvalue weighted by Gasteiger charge is 2.33. The largest absolute Gasteiger partial charge is 0.313 e. The third kappa shape index (κ3) is 2.33. The number of hydrogen-bond donors (Lipinski definition) is 1. The van der Waals surface area contributed by atoms with E-state index in [4.69, 9.17) is 0 Å². The van der Waals surface area contributed by atoms with Gasteiger partial charge in [-0.2, -0.15) is 0 Å². The summed E-state index contributed by atoms with van der Waals surface area (Å²) in [5, 5.41) is 3.54. The highest BCUT2D eigenvalue weighted by atomic mass is 14.9. The van der Waals surface area contributed by atoms with Crippen molar-refractivity contribution in [3.05, 3.63) is 35.4 Å². The Balaban J connectivity index is 1.79. The van der Waals surface area contributed by atoms with Gasteiger partial charge in [0, 0.05) is 6.04 Å². The van der Waals surface area contributed by atoms with E-state index in [1.54, 1.807) is 5.56 Å². The predicted molar refractivity (Wildman–Crippen MR) is 76.7 cm³/mol. The molecule has 98 valence electrons. The first-order valence-electron chi connectivity index (χ1n) is 7.56. The average molecular weight is 243 g/mol. The van der Waals surface area contributed by atoms with Crippen LogP contribution in [0, 0.1) is 11.8 Å². The Bertz CT molecular complexity index is 404. The number of nitrogens with one attached hydrogen (secondary N) is 1. The van der Waals surface area contributed by atoms with Crippen LogP contribution in [0.2, 0.25) is 0 Å². The van der Waals surface area contributed by atoms with Gasteiger partial charge in [0.1, 0.15) is 0 Å². The van der Waals surface area contributed by atoms with Crippen LogP contribution in [0.1, 0.15) is 62.1 Å². The minimum Gasteiger partial charge on any atom is -0.313 e. The zero-order valence-electron chi connectivity index (χ0n) is 11.7. The van der Waals surface area contributed by atoms with Crippen molar-refractivity contribution in [2.75, 3.05) is 7.05 Å². The van der Waals surface area contributed by atoms with Crippen molar-refractivity contribution in [2.24, 2.45) is 11.8 Å². The topological polar surface area (TPSA) is 12.0 Å². The van der Waals surface area contributed by atoms with Gasteiger partial charge in [0.15, 0.2) is 0 Å². The van der Waals surface area contributed by atoms with Crippen LogP contribution < -0.4 is 5.32 Å². The van der Waals surface area contributed by atoms with Gasteiger partial charge in [-0.1, -0.05) is 37.6 Å². The van der Waals surface area contributed by atoms with Gasteiger partial charge in [0.2, 0.25) is 0 Å². The zero-order valence-corrected chi connectivity index (χ0v) is 11.7. The second kappa shape index (κ2) is 5.05. The Morgan fingerprint density at radius 3 is 2.50 bits per heavy atom. The van der Waals surface area contributed by atoms with E-state index in [-0.39, 0.29) is 0 Å². The van der Waals surface area contributed by atoms with Gasteiger partial charge in [0.25, 0.3) is 0 Å². The monoisotopic (exact) mass is 243 g/mol. The van der Waals surface area contributed by atoms with E-state index in [1.165, 1.54) is 37.7 Å². The molecule has 0 heterocycles. The van der Waals surface area contributed by atoms with E-state index < -0.39 is 0 Å². The predicted octanol–water partition coefficient (Wildman–Crippen LogP) is 4.26. The van der Waals surface area contributed by atoms with Gasteiger partial charge in [0.05, 0.1) is 0 Å². The third-order valence-electron chi connectivity index (χ3n) is 5.05. The summed E-state index contributed by atoms with van der Waals surface area (Å²) in [6, 6.07) is 9.89. The van der Waals surface area contributed by atoms with E-state index in [0.717, 1.165) is 17.8 Å². The maximum absolute atomic E-state index is 3.54. The molecule has 2 saturated carbocycles. The Labute approximate surface area is 111 Å². The Hall–Kier alpha value is -0.820. The van der Waals surface area contributed by atoms with Crippen LogP contribution in [0.25, 0.3) is 0 Å². The van der Waals surface area contributed by atoms with E-state index in [2.05, 4.69) is 43.6 Å². The Morgan fingerprint density at radius 1 is 1.17 bits per heavy atom. The molecule has 2 aliphatic rings. The van der Waals surface area contributed by atoms with Crippen molar-refractivity contribution < 1.29 is 0 Å². The molecule has 2 unspecified atom stereocenters. The summed E-state index contributed by atoms with van der Waals surface area (Å²) >= 11 is 0. The van der Waals surface area contributed by atoms with Crippen LogP contribution in [-0.4, -0.2) is 7.05 Å². The lowest BCUT2D eigenvalue weighted by Gasteiger charge is -2.28. The lowest BCUT2D eigenvalue weighted by atomic mass is 9.79. The second-order valence-corrected chi connectivity index (χ2v) is 6.26. The van der Waals surface area contributed by atoms with Crippen molar-refractivity contribution in [3.8, 4) is 0 Å². The lowest BCUT2D eigenvalue weighted by Crippen LogP contribution is -2.25. The van der Waals surface area contributed by atoms with Gasteiger partial charge >= 0.3 is 0 Å². The second-order valence-electron chi connectivity index (χ2n) is 6.26. The average Bonchev–Trinajstić information content (AvgIpc) is 3.12. The van der Waals surface area contributed by atoms with E-state index >= 15 is 0 Å². The molecule has 1 heteroatoms. The van der Waals surface area contributed by atoms with Gasteiger partial charge < -0.3 is 5.32 Å². The minimum atomic E-state index is 0.539. The van der Waals surface area contributed by atoms with Crippen molar-refractivity contribution in [3.63, 3.8) is 0 Å². The summed E-state index contributed by atoms with van der Waals surface area (Å²) in [6.45, 7) is 2.41. The van der Waals surface area contributed by atoms with Crippen molar-refractivity contribution in [1.82, 2.24) is 5.32 Å². The molecular formula is C17H25N. The standard InChI is InChI=1S/C17H25N/c1-12(13-9-10-13)17(18-2)16-8-4-7-15(11-16)14-5-3-6-14/h4,7-8,11-14,17-18H,3,5-6,9-10H2,1-2H3. The van der Waals surface area contributed by atoms with Gasteiger partial charge in [-0.25, -0.2) is 0 Å². The van der Waals surface area contributed by atoms with E-state index in [0.29, 0.717) is 6.04 Å². The van der Waals surface area contributed by atoms with Crippen LogP contribution in [-0.2, 0) is 0 Å². The van der Waals surface area contributed by atoms with Crippen molar-refractivity contribution >= 4 is 0 Å². The molecule has 2 fully saturated rings. The minimum absolute atomic E-state index is 0.539. The summed E-state index contributed by atoms with van der Waals surface area (Å²) in [7, 11) is 2.11. The molecule has 1 aromatic rings. The molecule has 0 spiro atoms. The summed E-state index contributed by atoms with van der Waals surface area (Å²) in [5.41, 5.74) is 3.07. The number of rotatable bonds is 5. The van der Waals surface area contributed by atoms with Gasteiger partial charge in [-0.05, 0) is 61.6 Å². The lowest BCUT2D eigenvalue weighted by molar-refractivity contribution is 0.367. The molecule has 2 atom stereocenters. The highest BCUT2D eigenvalue weighted by Crippen LogP contribution is 2.43. The van der Waals surface area contributed by atoms with Crippen LogP contribution >= 0.6 is 0 Å². The molecule has 2 aliphatic carbocycles. The molecule has 0 aromatic heterocycles. The highest BCUT2D eigenvalue weighted by molar-refractivity contribution is 5.30. The Kier molecular flexibility index (Phi) is 3.43. The molecule has 1 aromatic carbocycles. The molecular weight excluding hydrogens is 218 g/mol. The maximum atomic E-state index is 3.54. The fourth-order valence-corrected chi connectivity index (χ4v) is 3.38. The van der Waals surface area contributed by atoms with Crippen molar-refractivity contribution in [2.45, 2.75) is 51.0 Å². The van der Waals surface area contributed by atoms with Crippen molar-refractivity contribution in [1.29, 1.82) is 0 Å². The van der Waals surface area contributed by atoms with Gasteiger partial charge in [-0.3, -0.25) is 0 Å². The summed E-state index contributed by atoms with van der Waals surface area (Å²) in [4.78, 5) is 0. The van der Waals surface area contributed by atoms with Crippen LogP contribution in [0.15, 0.2) is 24.3 Å². The fraction of sp³-hybridized carbons (Fsp3) is 0.647. The van der Waals surface area contributed by atoms with Gasteiger partial charge in [-0.15, -0.1) is 0 Å². The summed E-state index contributed by atoms with van der Waals surface area (Å²) < 4.78 is 0. The molecule has 0 saturated heterocycles. The third-order valence-corrected chi connectivity index (χ3v) is 5.05. The number of benzene rings is 1. The first-order chi connectivity index (χ1) is 8.79. The van der Waals surface area contributed by atoms with E-state index in [1.807, 2.05) is 0 Å². The van der Waals surface area contributed by atoms with Crippen LogP contribution in [0.5, 0.6) is 0 Å². The molecule has 0 radical (unpaired) electrons. The first kappa shape index (κ1) is 12.2.